The van der Waals surface area contributed by atoms with Crippen molar-refractivity contribution in [1.29, 1.82) is 0 Å². The molecular weight excluding hydrogens is 486 g/mol. The third kappa shape index (κ3) is 8.09. The number of carbonyl (C=O) groups excluding carboxylic acids is 1. The van der Waals surface area contributed by atoms with E-state index in [2.05, 4.69) is 66.2 Å². The van der Waals surface area contributed by atoms with Crippen molar-refractivity contribution in [3.8, 4) is 11.5 Å². The number of ether oxygens (including phenoxy) is 2. The van der Waals surface area contributed by atoms with E-state index in [1.807, 2.05) is 30.3 Å². The number of nitrogens with one attached hydrogen (secondary N) is 1. The summed E-state index contributed by atoms with van der Waals surface area (Å²) in [4.78, 5) is 17.3. The topological polar surface area (TPSA) is 65.4 Å². The molecule has 6 heteroatoms. The van der Waals surface area contributed by atoms with E-state index in [4.69, 9.17) is 14.5 Å². The summed E-state index contributed by atoms with van der Waals surface area (Å²) in [5, 5.41) is 3.05. The Labute approximate surface area is 232 Å². The lowest BCUT2D eigenvalue weighted by atomic mass is 9.99. The second kappa shape index (κ2) is 14.4. The van der Waals surface area contributed by atoms with E-state index in [1.54, 1.807) is 7.11 Å². The number of amides is 1. The number of hydrogen-bond acceptors (Lipinski definition) is 4. The van der Waals surface area contributed by atoms with Crippen LogP contribution in [0.25, 0.3) is 11.0 Å². The number of benzene rings is 3. The zero-order valence-corrected chi connectivity index (χ0v) is 23.5. The predicted octanol–water partition coefficient (Wildman–Crippen LogP) is 6.71. The van der Waals surface area contributed by atoms with E-state index < -0.39 is 0 Å². The van der Waals surface area contributed by atoms with Gasteiger partial charge >= 0.3 is 0 Å². The van der Waals surface area contributed by atoms with E-state index in [-0.39, 0.29) is 5.91 Å². The summed E-state index contributed by atoms with van der Waals surface area (Å²) < 4.78 is 13.5. The van der Waals surface area contributed by atoms with E-state index in [9.17, 15) is 4.79 Å². The summed E-state index contributed by atoms with van der Waals surface area (Å²) >= 11 is 0. The van der Waals surface area contributed by atoms with Crippen molar-refractivity contribution < 1.29 is 14.3 Å². The van der Waals surface area contributed by atoms with Gasteiger partial charge in [-0.3, -0.25) is 4.79 Å². The zero-order valence-electron chi connectivity index (χ0n) is 23.5. The monoisotopic (exact) mass is 527 g/mol. The van der Waals surface area contributed by atoms with Gasteiger partial charge in [0.15, 0.2) is 0 Å². The van der Waals surface area contributed by atoms with Gasteiger partial charge in [0, 0.05) is 19.5 Å². The van der Waals surface area contributed by atoms with Gasteiger partial charge in [0.1, 0.15) is 17.3 Å². The lowest BCUT2D eigenvalue weighted by Gasteiger charge is -2.12. The van der Waals surface area contributed by atoms with E-state index >= 15 is 0 Å². The number of methoxy groups -OCH3 is 1. The molecule has 39 heavy (non-hydrogen) atoms. The number of carbonyl (C=O) groups is 1. The van der Waals surface area contributed by atoms with Gasteiger partial charge in [-0.05, 0) is 79.1 Å². The third-order valence-corrected chi connectivity index (χ3v) is 7.26. The third-order valence-electron chi connectivity index (χ3n) is 7.26. The lowest BCUT2D eigenvalue weighted by Crippen LogP contribution is -2.26. The Morgan fingerprint density at radius 1 is 0.949 bits per heavy atom. The largest absolute Gasteiger partial charge is 0.497 e. The molecule has 6 nitrogen and oxygen atoms in total. The SMILES string of the molecule is CCC(C)c1ccc(OCCCCn2c(CCCNC(=O)Cc3ccc(OC)cc3)nc3ccccc32)cc1. The molecule has 0 saturated carbocycles. The number of aromatic nitrogens is 2. The second-order valence-corrected chi connectivity index (χ2v) is 10.1. The Bertz CT molecular complexity index is 1310. The van der Waals surface area contributed by atoms with Crippen LogP contribution in [-0.2, 0) is 24.2 Å². The molecule has 0 spiro atoms. The highest BCUT2D eigenvalue weighted by molar-refractivity contribution is 5.78. The maximum Gasteiger partial charge on any atom is 0.224 e. The molecule has 1 aromatic heterocycles. The number of nitrogens with zero attached hydrogens (tertiary/aromatic N) is 2. The van der Waals surface area contributed by atoms with Gasteiger partial charge in [-0.15, -0.1) is 0 Å². The van der Waals surface area contributed by atoms with Crippen LogP contribution in [0.5, 0.6) is 11.5 Å². The first-order chi connectivity index (χ1) is 19.1. The summed E-state index contributed by atoms with van der Waals surface area (Å²) in [6.07, 6.45) is 5.15. The molecule has 1 heterocycles. The van der Waals surface area contributed by atoms with Crippen molar-refractivity contribution in [3.05, 3.63) is 89.7 Å². The predicted molar refractivity (Wildman–Crippen MR) is 158 cm³/mol. The van der Waals surface area contributed by atoms with Crippen molar-refractivity contribution in [2.24, 2.45) is 0 Å². The molecule has 3 aromatic carbocycles. The molecule has 0 fully saturated rings. The normalized spacial score (nSPS) is 11.9. The summed E-state index contributed by atoms with van der Waals surface area (Å²) in [6, 6.07) is 24.4. The van der Waals surface area contributed by atoms with Crippen LogP contribution >= 0.6 is 0 Å². The summed E-state index contributed by atoms with van der Waals surface area (Å²) in [5.74, 6) is 3.41. The van der Waals surface area contributed by atoms with Gasteiger partial charge in [0.2, 0.25) is 5.91 Å². The fourth-order valence-electron chi connectivity index (χ4n) is 4.72. The summed E-state index contributed by atoms with van der Waals surface area (Å²) in [7, 11) is 1.64. The Kier molecular flexibility index (Phi) is 10.4. The fourth-order valence-corrected chi connectivity index (χ4v) is 4.72. The maximum absolute atomic E-state index is 12.4. The maximum atomic E-state index is 12.4. The van der Waals surface area contributed by atoms with Crippen molar-refractivity contribution >= 4 is 16.9 Å². The summed E-state index contributed by atoms with van der Waals surface area (Å²) in [5.41, 5.74) is 4.52. The molecule has 4 aromatic rings. The van der Waals surface area contributed by atoms with Crippen LogP contribution in [0, 0.1) is 0 Å². The van der Waals surface area contributed by atoms with Crippen molar-refractivity contribution in [1.82, 2.24) is 14.9 Å². The van der Waals surface area contributed by atoms with Gasteiger partial charge in [0.05, 0.1) is 31.2 Å². The number of fused-ring (bicyclic) bond motifs is 1. The first-order valence-electron chi connectivity index (χ1n) is 14.1. The minimum absolute atomic E-state index is 0.0307. The highest BCUT2D eigenvalue weighted by Crippen LogP contribution is 2.22. The Balaban J connectivity index is 1.23. The summed E-state index contributed by atoms with van der Waals surface area (Å²) in [6.45, 7) is 6.69. The minimum Gasteiger partial charge on any atom is -0.497 e. The van der Waals surface area contributed by atoms with E-state index in [0.29, 0.717) is 25.5 Å². The molecule has 0 aliphatic carbocycles. The molecule has 0 saturated heterocycles. The zero-order chi connectivity index (χ0) is 27.5. The Morgan fingerprint density at radius 2 is 1.69 bits per heavy atom. The van der Waals surface area contributed by atoms with Gasteiger partial charge in [-0.2, -0.15) is 0 Å². The molecule has 1 unspecified atom stereocenters. The number of aryl methyl sites for hydroxylation is 2. The highest BCUT2D eigenvalue weighted by Gasteiger charge is 2.11. The Hall–Kier alpha value is -3.80. The quantitative estimate of drug-likeness (QED) is 0.175. The minimum atomic E-state index is 0.0307. The highest BCUT2D eigenvalue weighted by atomic mass is 16.5. The molecule has 0 aliphatic rings. The molecule has 1 atom stereocenters. The fraction of sp³-hybridized carbons (Fsp3) is 0.394. The molecule has 0 aliphatic heterocycles. The van der Waals surface area contributed by atoms with Crippen LogP contribution in [-0.4, -0.2) is 35.7 Å². The smallest absolute Gasteiger partial charge is 0.224 e. The van der Waals surface area contributed by atoms with Crippen molar-refractivity contribution in [2.75, 3.05) is 20.3 Å². The average molecular weight is 528 g/mol. The van der Waals surface area contributed by atoms with Crippen LogP contribution in [0.3, 0.4) is 0 Å². The number of para-hydroxylation sites is 2. The lowest BCUT2D eigenvalue weighted by molar-refractivity contribution is -0.120. The Morgan fingerprint density at radius 3 is 2.44 bits per heavy atom. The number of unbranched alkanes of at least 4 members (excludes halogenated alkanes) is 1. The van der Waals surface area contributed by atoms with Crippen LogP contribution in [0.1, 0.15) is 62.4 Å². The molecule has 1 amide bonds. The molecule has 0 radical (unpaired) electrons. The van der Waals surface area contributed by atoms with E-state index in [1.165, 1.54) is 5.56 Å². The average Bonchev–Trinajstić information content (AvgIpc) is 3.32. The van der Waals surface area contributed by atoms with Crippen LogP contribution < -0.4 is 14.8 Å². The number of hydrogen-bond donors (Lipinski definition) is 1. The molecule has 4 rings (SSSR count). The van der Waals surface area contributed by atoms with E-state index in [0.717, 1.165) is 72.6 Å². The van der Waals surface area contributed by atoms with Gasteiger partial charge < -0.3 is 19.4 Å². The molecule has 0 bridgehead atoms. The number of rotatable bonds is 15. The second-order valence-electron chi connectivity index (χ2n) is 10.1. The first-order valence-corrected chi connectivity index (χ1v) is 14.1. The standard InChI is InChI=1S/C33H41N3O3/c1-4-25(2)27-15-19-29(20-16-27)39-23-8-7-22-36-31-11-6-5-10-30(31)35-32(36)12-9-21-34-33(37)24-26-13-17-28(38-3)18-14-26/h5-6,10-11,13-20,25H,4,7-9,12,21-24H2,1-3H3,(H,34,37). The van der Waals surface area contributed by atoms with Crippen LogP contribution in [0.15, 0.2) is 72.8 Å². The van der Waals surface area contributed by atoms with Crippen molar-refractivity contribution in [2.45, 2.75) is 64.8 Å². The first kappa shape index (κ1) is 28.2. The van der Waals surface area contributed by atoms with Crippen LogP contribution in [0.4, 0.5) is 0 Å². The van der Waals surface area contributed by atoms with Gasteiger partial charge in [0.25, 0.3) is 0 Å². The van der Waals surface area contributed by atoms with Crippen molar-refractivity contribution in [3.63, 3.8) is 0 Å². The molecular formula is C33H41N3O3. The van der Waals surface area contributed by atoms with Gasteiger partial charge in [-0.25, -0.2) is 4.98 Å². The number of imidazole rings is 1. The van der Waals surface area contributed by atoms with Gasteiger partial charge in [-0.1, -0.05) is 50.2 Å². The molecule has 1 N–H and O–H groups in total. The molecule has 206 valence electrons. The van der Waals surface area contributed by atoms with Crippen LogP contribution in [0.2, 0.25) is 0 Å².